The van der Waals surface area contributed by atoms with Gasteiger partial charge >= 0.3 is 0 Å². The van der Waals surface area contributed by atoms with Crippen molar-refractivity contribution in [3.8, 4) is 17.0 Å². The molecular weight excluding hydrogens is 498 g/mol. The molecule has 0 aliphatic carbocycles. The van der Waals surface area contributed by atoms with Crippen LogP contribution in [0.15, 0.2) is 36.9 Å². The van der Waals surface area contributed by atoms with Gasteiger partial charge in [0.15, 0.2) is 5.82 Å². The Bertz CT molecular complexity index is 1360. The lowest BCUT2D eigenvalue weighted by Gasteiger charge is -2.26. The summed E-state index contributed by atoms with van der Waals surface area (Å²) in [6, 6.07) is 2.96. The standard InChI is InChI=1S/C23H21Cl2FN6O3/c1-13(21-17(24)9-27-10-18(21)25)35-15-6-16-22(29-30-23(16)19(26)7-15)14-8-28-32(11-14)12-20(33)31-2-4-34-5-3-31/h6-11,13H,2-5,12H2,1H3,(H,29,30)/t13-/m1/s1. The molecule has 9 nitrogen and oxygen atoms in total. The largest absolute Gasteiger partial charge is 0.486 e. The Morgan fingerprint density at radius 1 is 1.23 bits per heavy atom. The second kappa shape index (κ2) is 9.80. The fraction of sp³-hybridized carbons (Fsp3) is 0.304. The zero-order valence-electron chi connectivity index (χ0n) is 18.7. The fourth-order valence-electron chi connectivity index (χ4n) is 4.04. The Morgan fingerprint density at radius 3 is 2.71 bits per heavy atom. The summed E-state index contributed by atoms with van der Waals surface area (Å²) in [4.78, 5) is 18.2. The Labute approximate surface area is 209 Å². The second-order valence-electron chi connectivity index (χ2n) is 8.10. The third-order valence-corrected chi connectivity index (χ3v) is 6.38. The number of pyridine rings is 1. The molecule has 12 heteroatoms. The zero-order chi connectivity index (χ0) is 24.5. The highest BCUT2D eigenvalue weighted by Gasteiger charge is 2.21. The van der Waals surface area contributed by atoms with Gasteiger partial charge in [0.2, 0.25) is 5.91 Å². The number of hydrogen-bond acceptors (Lipinski definition) is 6. The minimum atomic E-state index is -0.556. The van der Waals surface area contributed by atoms with Crippen molar-refractivity contribution < 1.29 is 18.7 Å². The summed E-state index contributed by atoms with van der Waals surface area (Å²) in [6.07, 6.45) is 5.69. The molecule has 4 heterocycles. The summed E-state index contributed by atoms with van der Waals surface area (Å²) >= 11 is 12.5. The predicted molar refractivity (Wildman–Crippen MR) is 128 cm³/mol. The van der Waals surface area contributed by atoms with Crippen LogP contribution in [0.1, 0.15) is 18.6 Å². The average Bonchev–Trinajstić information content (AvgIpc) is 3.46. The molecular formula is C23H21Cl2FN6O3. The summed E-state index contributed by atoms with van der Waals surface area (Å²) in [7, 11) is 0. The highest BCUT2D eigenvalue weighted by atomic mass is 35.5. The molecule has 182 valence electrons. The molecule has 1 aliphatic rings. The monoisotopic (exact) mass is 518 g/mol. The van der Waals surface area contributed by atoms with Crippen molar-refractivity contribution in [1.82, 2.24) is 29.9 Å². The molecule has 0 unspecified atom stereocenters. The minimum absolute atomic E-state index is 0.0426. The molecule has 0 bridgehead atoms. The number of rotatable bonds is 6. The molecule has 3 aromatic heterocycles. The van der Waals surface area contributed by atoms with Crippen molar-refractivity contribution in [3.63, 3.8) is 0 Å². The van der Waals surface area contributed by atoms with Crippen LogP contribution in [0.4, 0.5) is 4.39 Å². The molecule has 1 fully saturated rings. The van der Waals surface area contributed by atoms with Crippen LogP contribution in [0.25, 0.3) is 22.2 Å². The van der Waals surface area contributed by atoms with Gasteiger partial charge in [0.1, 0.15) is 29.6 Å². The van der Waals surface area contributed by atoms with Gasteiger partial charge in [-0.15, -0.1) is 0 Å². The Hall–Kier alpha value is -3.21. The first kappa shape index (κ1) is 23.5. The summed E-state index contributed by atoms with van der Waals surface area (Å²) in [5.74, 6) is -0.284. The SMILES string of the molecule is C[C@@H](Oc1cc(F)c2[nH]nc(-c3cnn(CC(=O)N4CCOCC4)c3)c2c1)c1c(Cl)cncc1Cl. The van der Waals surface area contributed by atoms with Crippen LogP contribution in [0.2, 0.25) is 10.0 Å². The highest BCUT2D eigenvalue weighted by Crippen LogP contribution is 2.35. The number of aromatic nitrogens is 5. The number of morpholine rings is 1. The van der Waals surface area contributed by atoms with Crippen LogP contribution in [0.5, 0.6) is 5.75 Å². The Morgan fingerprint density at radius 2 is 1.97 bits per heavy atom. The molecule has 1 aromatic carbocycles. The molecule has 0 spiro atoms. The quantitative estimate of drug-likeness (QED) is 0.409. The van der Waals surface area contributed by atoms with Gasteiger partial charge < -0.3 is 14.4 Å². The van der Waals surface area contributed by atoms with Crippen molar-refractivity contribution in [1.29, 1.82) is 0 Å². The summed E-state index contributed by atoms with van der Waals surface area (Å²) < 4.78 is 27.7. The number of nitrogens with zero attached hydrogens (tertiary/aromatic N) is 5. The number of fused-ring (bicyclic) bond motifs is 1. The second-order valence-corrected chi connectivity index (χ2v) is 8.91. The number of amides is 1. The summed E-state index contributed by atoms with van der Waals surface area (Å²) in [5, 5.41) is 12.5. The van der Waals surface area contributed by atoms with Crippen molar-refractivity contribution in [2.75, 3.05) is 26.3 Å². The van der Waals surface area contributed by atoms with E-state index in [1.165, 1.54) is 18.5 Å². The summed E-state index contributed by atoms with van der Waals surface area (Å²) in [6.45, 7) is 4.05. The van der Waals surface area contributed by atoms with E-state index in [0.717, 1.165) is 0 Å². The summed E-state index contributed by atoms with van der Waals surface area (Å²) in [5.41, 5.74) is 1.91. The number of carbonyl (C=O) groups is 1. The first-order valence-electron chi connectivity index (χ1n) is 10.9. The first-order chi connectivity index (χ1) is 16.9. The zero-order valence-corrected chi connectivity index (χ0v) is 20.2. The maximum absolute atomic E-state index is 14.9. The van der Waals surface area contributed by atoms with Gasteiger partial charge in [-0.2, -0.15) is 10.2 Å². The number of H-pyrrole nitrogens is 1. The van der Waals surface area contributed by atoms with E-state index in [4.69, 9.17) is 32.7 Å². The van der Waals surface area contributed by atoms with Gasteiger partial charge in [-0.3, -0.25) is 19.6 Å². The molecule has 0 saturated carbocycles. The minimum Gasteiger partial charge on any atom is -0.486 e. The number of ether oxygens (including phenoxy) is 2. The van der Waals surface area contributed by atoms with Gasteiger partial charge in [-0.25, -0.2) is 4.39 Å². The van der Waals surface area contributed by atoms with Crippen LogP contribution in [-0.4, -0.2) is 62.1 Å². The van der Waals surface area contributed by atoms with E-state index >= 15 is 0 Å². The van der Waals surface area contributed by atoms with E-state index in [1.807, 2.05) is 0 Å². The van der Waals surface area contributed by atoms with Crippen molar-refractivity contribution >= 4 is 40.0 Å². The van der Waals surface area contributed by atoms with E-state index in [0.29, 0.717) is 58.6 Å². The number of carbonyl (C=O) groups excluding carboxylic acids is 1. The number of hydrogen-bond donors (Lipinski definition) is 1. The topological polar surface area (TPSA) is 98.2 Å². The van der Waals surface area contributed by atoms with Gasteiger partial charge in [0.25, 0.3) is 0 Å². The molecule has 35 heavy (non-hydrogen) atoms. The normalized spacial score (nSPS) is 14.9. The molecule has 1 N–H and O–H groups in total. The van der Waals surface area contributed by atoms with Crippen molar-refractivity contribution in [3.05, 3.63) is 58.3 Å². The molecule has 1 amide bonds. The van der Waals surface area contributed by atoms with Gasteiger partial charge in [-0.1, -0.05) is 23.2 Å². The molecule has 5 rings (SSSR count). The van der Waals surface area contributed by atoms with Crippen LogP contribution in [0, 0.1) is 5.82 Å². The molecule has 1 atom stereocenters. The van der Waals surface area contributed by atoms with E-state index in [1.54, 1.807) is 35.0 Å². The van der Waals surface area contributed by atoms with Gasteiger partial charge in [-0.05, 0) is 13.0 Å². The smallest absolute Gasteiger partial charge is 0.244 e. The van der Waals surface area contributed by atoms with E-state index in [9.17, 15) is 9.18 Å². The van der Waals surface area contributed by atoms with Crippen LogP contribution < -0.4 is 4.74 Å². The predicted octanol–water partition coefficient (Wildman–Crippen LogP) is 4.27. The lowest BCUT2D eigenvalue weighted by molar-refractivity contribution is -0.136. The van der Waals surface area contributed by atoms with Crippen LogP contribution in [-0.2, 0) is 16.1 Å². The molecule has 4 aromatic rings. The average molecular weight is 519 g/mol. The third kappa shape index (κ3) is 4.82. The number of nitrogens with one attached hydrogen (secondary N) is 1. The Balaban J connectivity index is 1.40. The number of halogens is 3. The number of benzene rings is 1. The van der Waals surface area contributed by atoms with E-state index in [-0.39, 0.29) is 23.7 Å². The lowest BCUT2D eigenvalue weighted by atomic mass is 10.1. The van der Waals surface area contributed by atoms with Gasteiger partial charge in [0.05, 0.1) is 29.5 Å². The van der Waals surface area contributed by atoms with Crippen LogP contribution in [0.3, 0.4) is 0 Å². The molecule has 1 saturated heterocycles. The highest BCUT2D eigenvalue weighted by molar-refractivity contribution is 6.35. The lowest BCUT2D eigenvalue weighted by Crippen LogP contribution is -2.42. The third-order valence-electron chi connectivity index (χ3n) is 5.78. The van der Waals surface area contributed by atoms with Crippen LogP contribution >= 0.6 is 23.2 Å². The van der Waals surface area contributed by atoms with Gasteiger partial charge in [0, 0.05) is 54.3 Å². The molecule has 0 radical (unpaired) electrons. The van der Waals surface area contributed by atoms with E-state index in [2.05, 4.69) is 20.3 Å². The first-order valence-corrected chi connectivity index (χ1v) is 11.7. The van der Waals surface area contributed by atoms with Crippen molar-refractivity contribution in [2.24, 2.45) is 0 Å². The van der Waals surface area contributed by atoms with Crippen molar-refractivity contribution in [2.45, 2.75) is 19.6 Å². The molecule has 1 aliphatic heterocycles. The maximum atomic E-state index is 14.9. The Kier molecular flexibility index (Phi) is 6.59. The van der Waals surface area contributed by atoms with E-state index < -0.39 is 11.9 Å². The fourth-order valence-corrected chi connectivity index (χ4v) is 4.71. The maximum Gasteiger partial charge on any atom is 0.244 e. The number of aromatic amines is 1.